The molecular formula is C12H18N4O. The van der Waals surface area contributed by atoms with E-state index in [0.29, 0.717) is 5.82 Å². The van der Waals surface area contributed by atoms with E-state index in [1.807, 2.05) is 6.07 Å². The van der Waals surface area contributed by atoms with Gasteiger partial charge in [-0.2, -0.15) is 0 Å². The van der Waals surface area contributed by atoms with Crippen molar-refractivity contribution in [3.8, 4) is 0 Å². The highest BCUT2D eigenvalue weighted by Gasteiger charge is 2.25. The summed E-state index contributed by atoms with van der Waals surface area (Å²) in [5.41, 5.74) is 0. The molecule has 2 N–H and O–H groups in total. The van der Waals surface area contributed by atoms with E-state index in [4.69, 9.17) is 0 Å². The predicted molar refractivity (Wildman–Crippen MR) is 66.8 cm³/mol. The second kappa shape index (κ2) is 5.61. The van der Waals surface area contributed by atoms with Crippen LogP contribution in [0, 0.1) is 5.92 Å². The molecule has 1 heterocycles. The molecule has 2 rings (SSSR count). The molecular weight excluding hydrogens is 216 g/mol. The highest BCUT2D eigenvalue weighted by Crippen LogP contribution is 2.27. The summed E-state index contributed by atoms with van der Waals surface area (Å²) in [4.78, 5) is 11.7. The van der Waals surface area contributed by atoms with Crippen LogP contribution in [0.2, 0.25) is 0 Å². The summed E-state index contributed by atoms with van der Waals surface area (Å²) in [6.07, 6.45) is 4.19. The molecule has 1 amide bonds. The Balaban J connectivity index is 1.86. The van der Waals surface area contributed by atoms with E-state index in [-0.39, 0.29) is 11.8 Å². The third-order valence-corrected chi connectivity index (χ3v) is 2.95. The number of hydrogen-bond donors (Lipinski definition) is 2. The average Bonchev–Trinajstić information content (AvgIpc) is 2.26. The van der Waals surface area contributed by atoms with Crippen LogP contribution in [-0.4, -0.2) is 22.6 Å². The van der Waals surface area contributed by atoms with Gasteiger partial charge in [-0.25, -0.2) is 0 Å². The lowest BCUT2D eigenvalue weighted by Gasteiger charge is -2.23. The summed E-state index contributed by atoms with van der Waals surface area (Å²) in [5, 5.41) is 13.9. The molecule has 1 fully saturated rings. The van der Waals surface area contributed by atoms with Gasteiger partial charge >= 0.3 is 0 Å². The molecule has 0 bridgehead atoms. The predicted octanol–water partition coefficient (Wildman–Crippen LogP) is 2.04. The molecule has 92 valence electrons. The van der Waals surface area contributed by atoms with Crippen molar-refractivity contribution in [2.75, 3.05) is 17.2 Å². The van der Waals surface area contributed by atoms with Crippen molar-refractivity contribution in [3.05, 3.63) is 12.1 Å². The van der Waals surface area contributed by atoms with Crippen LogP contribution >= 0.6 is 0 Å². The van der Waals surface area contributed by atoms with Crippen molar-refractivity contribution in [1.29, 1.82) is 0 Å². The number of anilines is 2. The molecule has 5 nitrogen and oxygen atoms in total. The lowest BCUT2D eigenvalue weighted by molar-refractivity contribution is -0.122. The highest BCUT2D eigenvalue weighted by molar-refractivity contribution is 5.92. The quantitative estimate of drug-likeness (QED) is 0.818. The topological polar surface area (TPSA) is 66.9 Å². The number of nitrogens with one attached hydrogen (secondary N) is 2. The molecule has 0 aromatic carbocycles. The lowest BCUT2D eigenvalue weighted by Crippen LogP contribution is -2.28. The van der Waals surface area contributed by atoms with Crippen molar-refractivity contribution >= 4 is 17.5 Å². The van der Waals surface area contributed by atoms with Gasteiger partial charge in [0.25, 0.3) is 0 Å². The maximum Gasteiger partial charge on any atom is 0.228 e. The van der Waals surface area contributed by atoms with Crippen LogP contribution in [0.5, 0.6) is 0 Å². The van der Waals surface area contributed by atoms with Gasteiger partial charge in [-0.1, -0.05) is 13.3 Å². The minimum atomic E-state index is 0.0693. The first kappa shape index (κ1) is 11.8. The van der Waals surface area contributed by atoms with Crippen molar-refractivity contribution < 1.29 is 4.79 Å². The molecule has 17 heavy (non-hydrogen) atoms. The minimum Gasteiger partial charge on any atom is -0.369 e. The second-order valence-corrected chi connectivity index (χ2v) is 4.35. The average molecular weight is 234 g/mol. The number of nitrogens with zero attached hydrogens (tertiary/aromatic N) is 2. The van der Waals surface area contributed by atoms with Crippen LogP contribution in [0.4, 0.5) is 11.6 Å². The summed E-state index contributed by atoms with van der Waals surface area (Å²) < 4.78 is 0. The minimum absolute atomic E-state index is 0.0693. The Bertz CT molecular complexity index is 373. The monoisotopic (exact) mass is 234 g/mol. The van der Waals surface area contributed by atoms with Gasteiger partial charge in [0, 0.05) is 12.5 Å². The number of carbonyl (C=O) groups is 1. The maximum absolute atomic E-state index is 11.7. The van der Waals surface area contributed by atoms with E-state index in [2.05, 4.69) is 27.8 Å². The zero-order valence-electron chi connectivity index (χ0n) is 10.1. The molecule has 5 heteroatoms. The number of hydrogen-bond acceptors (Lipinski definition) is 4. The molecule has 1 aliphatic rings. The van der Waals surface area contributed by atoms with Crippen LogP contribution in [0.15, 0.2) is 12.1 Å². The fourth-order valence-electron chi connectivity index (χ4n) is 1.65. The van der Waals surface area contributed by atoms with Gasteiger partial charge in [0.1, 0.15) is 5.82 Å². The fourth-order valence-corrected chi connectivity index (χ4v) is 1.65. The largest absolute Gasteiger partial charge is 0.369 e. The molecule has 0 aliphatic heterocycles. The number of carbonyl (C=O) groups excluding carboxylic acids is 1. The van der Waals surface area contributed by atoms with Gasteiger partial charge in [0.05, 0.1) is 0 Å². The van der Waals surface area contributed by atoms with Crippen LogP contribution in [0.3, 0.4) is 0 Å². The Morgan fingerprint density at radius 2 is 2.06 bits per heavy atom. The molecule has 0 atom stereocenters. The molecule has 1 saturated carbocycles. The molecule has 0 radical (unpaired) electrons. The Kier molecular flexibility index (Phi) is 3.90. The summed E-state index contributed by atoms with van der Waals surface area (Å²) in [7, 11) is 0. The maximum atomic E-state index is 11.7. The van der Waals surface area contributed by atoms with E-state index in [1.54, 1.807) is 6.07 Å². The second-order valence-electron chi connectivity index (χ2n) is 4.35. The van der Waals surface area contributed by atoms with E-state index in [0.717, 1.165) is 38.0 Å². The van der Waals surface area contributed by atoms with Crippen LogP contribution < -0.4 is 10.6 Å². The van der Waals surface area contributed by atoms with Gasteiger partial charge in [0.2, 0.25) is 5.91 Å². The van der Waals surface area contributed by atoms with E-state index >= 15 is 0 Å². The molecule has 0 saturated heterocycles. The van der Waals surface area contributed by atoms with Gasteiger partial charge in [0.15, 0.2) is 5.82 Å². The molecule has 1 aliphatic carbocycles. The first-order valence-corrected chi connectivity index (χ1v) is 6.18. The normalized spacial score (nSPS) is 15.1. The van der Waals surface area contributed by atoms with Gasteiger partial charge < -0.3 is 10.6 Å². The van der Waals surface area contributed by atoms with Crippen molar-refractivity contribution in [2.45, 2.75) is 32.6 Å². The van der Waals surface area contributed by atoms with Crippen LogP contribution in [0.1, 0.15) is 32.6 Å². The number of amides is 1. The Morgan fingerprint density at radius 3 is 2.59 bits per heavy atom. The third kappa shape index (κ3) is 3.15. The Hall–Kier alpha value is -1.65. The van der Waals surface area contributed by atoms with Crippen LogP contribution in [-0.2, 0) is 4.79 Å². The lowest BCUT2D eigenvalue weighted by atomic mass is 9.85. The van der Waals surface area contributed by atoms with Gasteiger partial charge in [-0.3, -0.25) is 4.79 Å². The molecule has 0 unspecified atom stereocenters. The molecule has 1 aromatic heterocycles. The smallest absolute Gasteiger partial charge is 0.228 e. The SMILES string of the molecule is CCCNc1ccc(NC(=O)C2CCC2)nn1. The standard InChI is InChI=1S/C12H18N4O/c1-2-8-13-10-6-7-11(16-15-10)14-12(17)9-4-3-5-9/h6-7,9H,2-5,8H2,1H3,(H,13,15)(H,14,16,17). The molecule has 1 aromatic rings. The Labute approximate surface area is 101 Å². The third-order valence-electron chi connectivity index (χ3n) is 2.95. The van der Waals surface area contributed by atoms with E-state index in [9.17, 15) is 4.79 Å². The van der Waals surface area contributed by atoms with Gasteiger partial charge in [-0.15, -0.1) is 10.2 Å². The summed E-state index contributed by atoms with van der Waals surface area (Å²) in [5.74, 6) is 1.52. The van der Waals surface area contributed by atoms with Crippen molar-refractivity contribution in [1.82, 2.24) is 10.2 Å². The zero-order valence-corrected chi connectivity index (χ0v) is 10.1. The Morgan fingerprint density at radius 1 is 1.35 bits per heavy atom. The summed E-state index contributed by atoms with van der Waals surface area (Å²) in [6, 6.07) is 3.61. The molecule has 0 spiro atoms. The van der Waals surface area contributed by atoms with Crippen LogP contribution in [0.25, 0.3) is 0 Å². The van der Waals surface area contributed by atoms with Crippen molar-refractivity contribution in [3.63, 3.8) is 0 Å². The zero-order chi connectivity index (χ0) is 12.1. The number of aromatic nitrogens is 2. The van der Waals surface area contributed by atoms with E-state index in [1.165, 1.54) is 0 Å². The summed E-state index contributed by atoms with van der Waals surface area (Å²) in [6.45, 7) is 2.97. The first-order chi connectivity index (χ1) is 8.29. The summed E-state index contributed by atoms with van der Waals surface area (Å²) >= 11 is 0. The fraction of sp³-hybridized carbons (Fsp3) is 0.583. The van der Waals surface area contributed by atoms with E-state index < -0.39 is 0 Å². The van der Waals surface area contributed by atoms with Crippen molar-refractivity contribution in [2.24, 2.45) is 5.92 Å². The highest BCUT2D eigenvalue weighted by atomic mass is 16.2. The number of rotatable bonds is 5. The van der Waals surface area contributed by atoms with Gasteiger partial charge in [-0.05, 0) is 31.4 Å². The first-order valence-electron chi connectivity index (χ1n) is 6.18.